The highest BCUT2D eigenvalue weighted by molar-refractivity contribution is 5.81. The molecule has 3 unspecified atom stereocenters. The van der Waals surface area contributed by atoms with Crippen molar-refractivity contribution in [2.24, 2.45) is 17.6 Å². The lowest BCUT2D eigenvalue weighted by molar-refractivity contribution is -0.136. The van der Waals surface area contributed by atoms with E-state index in [1.54, 1.807) is 0 Å². The van der Waals surface area contributed by atoms with Gasteiger partial charge in [-0.15, -0.1) is 0 Å². The van der Waals surface area contributed by atoms with E-state index in [0.717, 1.165) is 25.9 Å². The Bertz CT molecular complexity index is 319. The molecule has 0 aromatic carbocycles. The monoisotopic (exact) mass is 267 g/mol. The van der Waals surface area contributed by atoms with E-state index in [0.29, 0.717) is 17.9 Å². The van der Waals surface area contributed by atoms with Crippen molar-refractivity contribution in [1.82, 2.24) is 9.80 Å². The van der Waals surface area contributed by atoms with Crippen molar-refractivity contribution < 1.29 is 4.79 Å². The van der Waals surface area contributed by atoms with Crippen molar-refractivity contribution >= 4 is 5.91 Å². The number of amides is 1. The van der Waals surface area contributed by atoms with Gasteiger partial charge in [-0.25, -0.2) is 0 Å². The fourth-order valence-corrected chi connectivity index (χ4v) is 3.70. The van der Waals surface area contributed by atoms with Gasteiger partial charge in [0.25, 0.3) is 0 Å². The molecule has 0 aromatic heterocycles. The number of piperidine rings is 2. The summed E-state index contributed by atoms with van der Waals surface area (Å²) in [7, 11) is 2.22. The molecule has 2 aliphatic heterocycles. The summed E-state index contributed by atoms with van der Waals surface area (Å²) in [6, 6.07) is 0.372. The molecule has 0 aromatic rings. The van der Waals surface area contributed by atoms with Crippen molar-refractivity contribution in [3.63, 3.8) is 0 Å². The number of nitrogens with zero attached hydrogens (tertiary/aromatic N) is 2. The maximum absolute atomic E-state index is 12.4. The van der Waals surface area contributed by atoms with Crippen LogP contribution in [0.5, 0.6) is 0 Å². The number of likely N-dealkylation sites (tertiary alicyclic amines) is 2. The minimum atomic E-state index is -0.308. The number of nitrogens with two attached hydrogens (primary N) is 1. The summed E-state index contributed by atoms with van der Waals surface area (Å²) in [5, 5.41) is 0. The van der Waals surface area contributed by atoms with E-state index >= 15 is 0 Å². The molecule has 3 atom stereocenters. The Balaban J connectivity index is 1.91. The molecule has 1 amide bonds. The SMILES string of the molecule is CC(C)CC(N)C(=O)N1CCC2C(CCCN2C)C1. The van der Waals surface area contributed by atoms with Gasteiger partial charge in [0, 0.05) is 19.1 Å². The highest BCUT2D eigenvalue weighted by Gasteiger charge is 2.36. The molecule has 0 bridgehead atoms. The molecule has 4 nitrogen and oxygen atoms in total. The second kappa shape index (κ2) is 6.23. The fraction of sp³-hybridized carbons (Fsp3) is 0.933. The summed E-state index contributed by atoms with van der Waals surface area (Å²) in [5.74, 6) is 1.31. The second-order valence-corrected chi connectivity index (χ2v) is 6.76. The van der Waals surface area contributed by atoms with Crippen LogP contribution in [-0.2, 0) is 4.79 Å². The molecule has 110 valence electrons. The number of carbonyl (C=O) groups is 1. The largest absolute Gasteiger partial charge is 0.341 e. The fourth-order valence-electron chi connectivity index (χ4n) is 3.70. The second-order valence-electron chi connectivity index (χ2n) is 6.76. The summed E-state index contributed by atoms with van der Waals surface area (Å²) in [5.41, 5.74) is 6.04. The first-order chi connectivity index (χ1) is 8.99. The van der Waals surface area contributed by atoms with E-state index in [2.05, 4.69) is 25.8 Å². The number of hydrogen-bond donors (Lipinski definition) is 1. The molecule has 0 saturated carbocycles. The van der Waals surface area contributed by atoms with Gasteiger partial charge in [-0.1, -0.05) is 13.8 Å². The van der Waals surface area contributed by atoms with Gasteiger partial charge in [0.05, 0.1) is 6.04 Å². The van der Waals surface area contributed by atoms with Crippen LogP contribution < -0.4 is 5.73 Å². The zero-order valence-corrected chi connectivity index (χ0v) is 12.6. The van der Waals surface area contributed by atoms with E-state index in [-0.39, 0.29) is 11.9 Å². The van der Waals surface area contributed by atoms with E-state index in [1.807, 2.05) is 4.90 Å². The first-order valence-corrected chi connectivity index (χ1v) is 7.73. The molecule has 2 N–H and O–H groups in total. The van der Waals surface area contributed by atoms with Crippen LogP contribution in [-0.4, -0.2) is 54.5 Å². The van der Waals surface area contributed by atoms with E-state index in [4.69, 9.17) is 5.73 Å². The lowest BCUT2D eigenvalue weighted by atomic mass is 9.84. The van der Waals surface area contributed by atoms with Gasteiger partial charge in [0.2, 0.25) is 5.91 Å². The van der Waals surface area contributed by atoms with Crippen LogP contribution in [0.2, 0.25) is 0 Å². The first-order valence-electron chi connectivity index (χ1n) is 7.73. The molecular formula is C15H29N3O. The third-order valence-electron chi connectivity index (χ3n) is 4.70. The topological polar surface area (TPSA) is 49.6 Å². The third kappa shape index (κ3) is 3.48. The van der Waals surface area contributed by atoms with Crippen LogP contribution >= 0.6 is 0 Å². The van der Waals surface area contributed by atoms with Gasteiger partial charge in [0.1, 0.15) is 0 Å². The van der Waals surface area contributed by atoms with Gasteiger partial charge in [-0.3, -0.25) is 4.79 Å². The average Bonchev–Trinajstić information content (AvgIpc) is 2.37. The highest BCUT2D eigenvalue weighted by atomic mass is 16.2. The Kier molecular flexibility index (Phi) is 4.85. The van der Waals surface area contributed by atoms with E-state index in [1.165, 1.54) is 19.4 Å². The standard InChI is InChI=1S/C15H29N3O/c1-11(2)9-13(16)15(19)18-8-6-14-12(10-18)5-4-7-17(14)3/h11-14H,4-10,16H2,1-3H3. The van der Waals surface area contributed by atoms with Crippen molar-refractivity contribution in [2.75, 3.05) is 26.7 Å². The lowest BCUT2D eigenvalue weighted by Gasteiger charge is -2.46. The van der Waals surface area contributed by atoms with Crippen LogP contribution in [0.3, 0.4) is 0 Å². The average molecular weight is 267 g/mol. The smallest absolute Gasteiger partial charge is 0.239 e. The van der Waals surface area contributed by atoms with E-state index < -0.39 is 0 Å². The Morgan fingerprint density at radius 1 is 1.32 bits per heavy atom. The van der Waals surface area contributed by atoms with Gasteiger partial charge in [-0.2, -0.15) is 0 Å². The Labute approximate surface area is 117 Å². The maximum Gasteiger partial charge on any atom is 0.239 e. The normalized spacial score (nSPS) is 30.3. The molecule has 2 aliphatic rings. The molecule has 0 aliphatic carbocycles. The van der Waals surface area contributed by atoms with Gasteiger partial charge in [-0.05, 0) is 51.1 Å². The summed E-state index contributed by atoms with van der Waals surface area (Å²) in [4.78, 5) is 16.9. The zero-order valence-electron chi connectivity index (χ0n) is 12.6. The number of carbonyl (C=O) groups excluding carboxylic acids is 1. The predicted molar refractivity (Wildman–Crippen MR) is 77.8 cm³/mol. The van der Waals surface area contributed by atoms with Crippen molar-refractivity contribution in [3.05, 3.63) is 0 Å². The maximum atomic E-state index is 12.4. The minimum absolute atomic E-state index is 0.167. The Hall–Kier alpha value is -0.610. The zero-order chi connectivity index (χ0) is 14.0. The van der Waals surface area contributed by atoms with Crippen molar-refractivity contribution in [3.8, 4) is 0 Å². The van der Waals surface area contributed by atoms with Crippen LogP contribution in [0.1, 0.15) is 39.5 Å². The van der Waals surface area contributed by atoms with Crippen molar-refractivity contribution in [1.29, 1.82) is 0 Å². The molecule has 2 fully saturated rings. The number of fused-ring (bicyclic) bond motifs is 1. The molecule has 2 heterocycles. The molecule has 2 saturated heterocycles. The summed E-state index contributed by atoms with van der Waals surface area (Å²) < 4.78 is 0. The first kappa shape index (κ1) is 14.8. The Morgan fingerprint density at radius 3 is 2.74 bits per heavy atom. The van der Waals surface area contributed by atoms with Gasteiger partial charge in [0.15, 0.2) is 0 Å². The quantitative estimate of drug-likeness (QED) is 0.838. The van der Waals surface area contributed by atoms with Crippen LogP contribution in [0, 0.1) is 11.8 Å². The summed E-state index contributed by atoms with van der Waals surface area (Å²) >= 11 is 0. The molecule has 19 heavy (non-hydrogen) atoms. The van der Waals surface area contributed by atoms with E-state index in [9.17, 15) is 4.79 Å². The minimum Gasteiger partial charge on any atom is -0.341 e. The summed E-state index contributed by atoms with van der Waals surface area (Å²) in [6.07, 6.45) is 4.43. The van der Waals surface area contributed by atoms with Crippen LogP contribution in [0.25, 0.3) is 0 Å². The molecule has 0 spiro atoms. The lowest BCUT2D eigenvalue weighted by Crippen LogP contribution is -2.56. The van der Waals surface area contributed by atoms with Gasteiger partial charge < -0.3 is 15.5 Å². The number of hydrogen-bond acceptors (Lipinski definition) is 3. The summed E-state index contributed by atoms with van der Waals surface area (Å²) in [6.45, 7) is 7.25. The predicted octanol–water partition coefficient (Wildman–Crippen LogP) is 1.30. The number of rotatable bonds is 3. The van der Waals surface area contributed by atoms with Crippen molar-refractivity contribution in [2.45, 2.75) is 51.6 Å². The highest BCUT2D eigenvalue weighted by Crippen LogP contribution is 2.29. The molecule has 0 radical (unpaired) electrons. The molecule has 4 heteroatoms. The molecular weight excluding hydrogens is 238 g/mol. The Morgan fingerprint density at radius 2 is 2.05 bits per heavy atom. The molecule has 2 rings (SSSR count). The van der Waals surface area contributed by atoms with Gasteiger partial charge >= 0.3 is 0 Å². The van der Waals surface area contributed by atoms with Crippen LogP contribution in [0.4, 0.5) is 0 Å². The third-order valence-corrected chi connectivity index (χ3v) is 4.70. The van der Waals surface area contributed by atoms with Crippen LogP contribution in [0.15, 0.2) is 0 Å².